The Morgan fingerprint density at radius 3 is 2.46 bits per heavy atom. The van der Waals surface area contributed by atoms with E-state index in [-0.39, 0.29) is 6.04 Å². The Hall–Kier alpha value is -2.59. The summed E-state index contributed by atoms with van der Waals surface area (Å²) in [7, 11) is 0. The summed E-state index contributed by atoms with van der Waals surface area (Å²) in [5.41, 5.74) is 3.87. The van der Waals surface area contributed by atoms with Crippen LogP contribution in [0.4, 0.5) is 0 Å². The zero-order chi connectivity index (χ0) is 16.5. The second-order valence-corrected chi connectivity index (χ2v) is 6.36. The molecular weight excluding hydrogens is 300 g/mol. The Morgan fingerprint density at radius 2 is 1.75 bits per heavy atom. The molecule has 3 aromatic rings. The lowest BCUT2D eigenvalue weighted by Crippen LogP contribution is -2.26. The van der Waals surface area contributed by atoms with Crippen molar-refractivity contribution in [2.45, 2.75) is 18.9 Å². The number of aromatic nitrogens is 1. The Kier molecular flexibility index (Phi) is 3.82. The molecule has 1 aliphatic rings. The van der Waals surface area contributed by atoms with E-state index in [0.717, 1.165) is 24.2 Å². The molecule has 122 valence electrons. The zero-order valence-electron chi connectivity index (χ0n) is 13.4. The van der Waals surface area contributed by atoms with E-state index in [1.54, 1.807) is 12.1 Å². The number of fused-ring (bicyclic) bond motifs is 1. The molecule has 0 radical (unpaired) electrons. The molecule has 1 saturated heterocycles. The summed E-state index contributed by atoms with van der Waals surface area (Å²) in [6, 6.07) is 15.8. The van der Waals surface area contributed by atoms with Gasteiger partial charge in [0.05, 0.1) is 11.6 Å². The molecule has 1 unspecified atom stereocenters. The third-order valence-electron chi connectivity index (χ3n) is 4.90. The Balaban J connectivity index is 1.81. The first-order chi connectivity index (χ1) is 11.7. The number of para-hydroxylation sites is 1. The van der Waals surface area contributed by atoms with Crippen molar-refractivity contribution in [3.05, 3.63) is 71.4 Å². The predicted molar refractivity (Wildman–Crippen MR) is 94.4 cm³/mol. The number of rotatable bonds is 4. The first-order valence-electron chi connectivity index (χ1n) is 8.37. The van der Waals surface area contributed by atoms with Gasteiger partial charge >= 0.3 is 5.97 Å². The average molecular weight is 320 g/mol. The molecule has 1 atom stereocenters. The predicted octanol–water partition coefficient (Wildman–Crippen LogP) is 4.05. The summed E-state index contributed by atoms with van der Waals surface area (Å²) >= 11 is 0. The molecule has 2 aromatic carbocycles. The van der Waals surface area contributed by atoms with E-state index in [4.69, 9.17) is 5.11 Å². The Bertz CT molecular complexity index is 861. The lowest BCUT2D eigenvalue weighted by Gasteiger charge is -2.28. The zero-order valence-corrected chi connectivity index (χ0v) is 13.4. The van der Waals surface area contributed by atoms with Crippen LogP contribution in [0.1, 0.15) is 40.4 Å². The Labute approximate surface area is 140 Å². The van der Waals surface area contributed by atoms with E-state index in [2.05, 4.69) is 34.3 Å². The van der Waals surface area contributed by atoms with E-state index >= 15 is 0 Å². The fourth-order valence-electron chi connectivity index (χ4n) is 3.72. The standard InChI is InChI=1S/C20H20N2O2/c23-20(24)15-9-7-14(8-10-15)19(22-11-3-4-12-22)17-13-21-18-6-2-1-5-16(17)18/h1-2,5-10,13,19,21H,3-4,11-12H2,(H,23,24). The fraction of sp³-hybridized carbons (Fsp3) is 0.250. The normalized spacial score (nSPS) is 16.5. The molecule has 0 amide bonds. The van der Waals surface area contributed by atoms with Crippen LogP contribution in [0.3, 0.4) is 0 Å². The molecule has 1 fully saturated rings. The highest BCUT2D eigenvalue weighted by Crippen LogP contribution is 2.35. The van der Waals surface area contributed by atoms with Crippen LogP contribution >= 0.6 is 0 Å². The van der Waals surface area contributed by atoms with Gasteiger partial charge in [-0.25, -0.2) is 4.79 Å². The molecule has 0 bridgehead atoms. The lowest BCUT2D eigenvalue weighted by molar-refractivity contribution is 0.0697. The second kappa shape index (κ2) is 6.13. The van der Waals surface area contributed by atoms with Crippen LogP contribution < -0.4 is 0 Å². The van der Waals surface area contributed by atoms with Gasteiger partial charge in [-0.3, -0.25) is 4.90 Å². The van der Waals surface area contributed by atoms with Crippen molar-refractivity contribution in [1.82, 2.24) is 9.88 Å². The molecule has 0 spiro atoms. The maximum Gasteiger partial charge on any atom is 0.335 e. The number of nitrogens with zero attached hydrogens (tertiary/aromatic N) is 1. The molecule has 4 rings (SSSR count). The highest BCUT2D eigenvalue weighted by atomic mass is 16.4. The fourth-order valence-corrected chi connectivity index (χ4v) is 3.72. The van der Waals surface area contributed by atoms with E-state index in [0.29, 0.717) is 5.56 Å². The number of aromatic carboxylic acids is 1. The van der Waals surface area contributed by atoms with Crippen molar-refractivity contribution in [3.8, 4) is 0 Å². The third-order valence-corrected chi connectivity index (χ3v) is 4.90. The maximum atomic E-state index is 11.1. The van der Waals surface area contributed by atoms with Gasteiger partial charge in [-0.15, -0.1) is 0 Å². The van der Waals surface area contributed by atoms with Gasteiger partial charge < -0.3 is 10.1 Å². The molecule has 24 heavy (non-hydrogen) atoms. The quantitative estimate of drug-likeness (QED) is 0.762. The van der Waals surface area contributed by atoms with Gasteiger partial charge in [0.25, 0.3) is 0 Å². The number of likely N-dealkylation sites (tertiary alicyclic amines) is 1. The van der Waals surface area contributed by atoms with Crippen LogP contribution in [0, 0.1) is 0 Å². The molecule has 4 nitrogen and oxygen atoms in total. The summed E-state index contributed by atoms with van der Waals surface area (Å²) in [4.78, 5) is 17.0. The van der Waals surface area contributed by atoms with Crippen molar-refractivity contribution in [2.75, 3.05) is 13.1 Å². The minimum absolute atomic E-state index is 0.159. The number of hydrogen-bond donors (Lipinski definition) is 2. The van der Waals surface area contributed by atoms with E-state index in [9.17, 15) is 4.79 Å². The second-order valence-electron chi connectivity index (χ2n) is 6.36. The van der Waals surface area contributed by atoms with E-state index in [1.807, 2.05) is 18.2 Å². The highest BCUT2D eigenvalue weighted by molar-refractivity contribution is 5.87. The SMILES string of the molecule is O=C(O)c1ccc(C(c2c[nH]c3ccccc23)N2CCCC2)cc1. The van der Waals surface area contributed by atoms with Crippen molar-refractivity contribution in [2.24, 2.45) is 0 Å². The maximum absolute atomic E-state index is 11.1. The molecule has 4 heteroatoms. The number of aromatic amines is 1. The molecule has 2 heterocycles. The van der Waals surface area contributed by atoms with Crippen molar-refractivity contribution >= 4 is 16.9 Å². The first-order valence-corrected chi connectivity index (χ1v) is 8.37. The molecule has 1 aromatic heterocycles. The summed E-state index contributed by atoms with van der Waals surface area (Å²) in [6.07, 6.45) is 4.52. The van der Waals surface area contributed by atoms with Crippen LogP contribution in [0.5, 0.6) is 0 Å². The minimum Gasteiger partial charge on any atom is -0.478 e. The lowest BCUT2D eigenvalue weighted by atomic mass is 9.96. The molecular formula is C20H20N2O2. The number of carboxylic acid groups (broad SMARTS) is 1. The smallest absolute Gasteiger partial charge is 0.335 e. The summed E-state index contributed by atoms with van der Waals surface area (Å²) in [5.74, 6) is -0.883. The van der Waals surface area contributed by atoms with Crippen LogP contribution in [-0.2, 0) is 0 Å². The number of nitrogens with one attached hydrogen (secondary N) is 1. The number of H-pyrrole nitrogens is 1. The van der Waals surface area contributed by atoms with Gasteiger partial charge in [0.15, 0.2) is 0 Å². The molecule has 0 aliphatic carbocycles. The highest BCUT2D eigenvalue weighted by Gasteiger charge is 2.27. The summed E-state index contributed by atoms with van der Waals surface area (Å²) in [6.45, 7) is 2.15. The third kappa shape index (κ3) is 2.59. The first kappa shape index (κ1) is 15.0. The van der Waals surface area contributed by atoms with E-state index in [1.165, 1.54) is 23.8 Å². The van der Waals surface area contributed by atoms with Crippen molar-refractivity contribution < 1.29 is 9.90 Å². The van der Waals surface area contributed by atoms with Crippen LogP contribution in [0.2, 0.25) is 0 Å². The molecule has 2 N–H and O–H groups in total. The topological polar surface area (TPSA) is 56.3 Å². The van der Waals surface area contributed by atoms with E-state index < -0.39 is 5.97 Å². The van der Waals surface area contributed by atoms with Gasteiger partial charge in [-0.2, -0.15) is 0 Å². The number of benzene rings is 2. The van der Waals surface area contributed by atoms with Gasteiger partial charge in [0.2, 0.25) is 0 Å². The van der Waals surface area contributed by atoms with Crippen molar-refractivity contribution in [1.29, 1.82) is 0 Å². The van der Waals surface area contributed by atoms with Crippen LogP contribution in [0.15, 0.2) is 54.7 Å². The number of hydrogen-bond acceptors (Lipinski definition) is 2. The Morgan fingerprint density at radius 1 is 1.04 bits per heavy atom. The van der Waals surface area contributed by atoms with Gasteiger partial charge in [0, 0.05) is 17.1 Å². The largest absolute Gasteiger partial charge is 0.478 e. The van der Waals surface area contributed by atoms with Crippen molar-refractivity contribution in [3.63, 3.8) is 0 Å². The van der Waals surface area contributed by atoms with Crippen LogP contribution in [-0.4, -0.2) is 34.0 Å². The summed E-state index contributed by atoms with van der Waals surface area (Å²) in [5, 5.41) is 10.4. The number of carboxylic acids is 1. The number of carbonyl (C=O) groups is 1. The van der Waals surface area contributed by atoms with Gasteiger partial charge in [0.1, 0.15) is 0 Å². The monoisotopic (exact) mass is 320 g/mol. The molecule has 0 saturated carbocycles. The van der Waals surface area contributed by atoms with Crippen LogP contribution in [0.25, 0.3) is 10.9 Å². The van der Waals surface area contributed by atoms with Gasteiger partial charge in [-0.05, 0) is 55.3 Å². The summed E-state index contributed by atoms with van der Waals surface area (Å²) < 4.78 is 0. The van der Waals surface area contributed by atoms with Gasteiger partial charge in [-0.1, -0.05) is 30.3 Å². The average Bonchev–Trinajstić information content (AvgIpc) is 3.27. The minimum atomic E-state index is -0.883. The molecule has 1 aliphatic heterocycles.